The van der Waals surface area contributed by atoms with Gasteiger partial charge in [0.25, 0.3) is 0 Å². The molecule has 1 fully saturated rings. The molecular formula is C4H9NO. The molecule has 0 aromatic carbocycles. The van der Waals surface area contributed by atoms with E-state index in [9.17, 15) is 0 Å². The fourth-order valence-electron chi connectivity index (χ4n) is 0.489. The Kier molecular flexibility index (Phi) is 0.821. The van der Waals surface area contributed by atoms with Crippen LogP contribution in [-0.4, -0.2) is 19.4 Å². The van der Waals surface area contributed by atoms with Gasteiger partial charge in [-0.1, -0.05) is 0 Å². The zero-order chi connectivity index (χ0) is 4.57. The van der Waals surface area contributed by atoms with Crippen LogP contribution in [0.4, 0.5) is 0 Å². The molecule has 36 valence electrons. The molecule has 0 saturated carbocycles. The molecule has 0 amide bonds. The predicted molar refractivity (Wildman–Crippen MR) is 23.4 cm³/mol. The van der Waals surface area contributed by atoms with Crippen molar-refractivity contribution in [3.63, 3.8) is 0 Å². The van der Waals surface area contributed by atoms with E-state index in [1.807, 2.05) is 14.0 Å². The monoisotopic (exact) mass is 87.1 g/mol. The number of nitrogens with one attached hydrogen (secondary N) is 1. The summed E-state index contributed by atoms with van der Waals surface area (Å²) < 4.78 is 4.95. The minimum atomic E-state index is 0.352. The van der Waals surface area contributed by atoms with Crippen LogP contribution in [0.15, 0.2) is 0 Å². The molecule has 0 radical (unpaired) electrons. The minimum absolute atomic E-state index is 0.352. The number of epoxide rings is 1. The van der Waals surface area contributed by atoms with Crippen molar-refractivity contribution in [3.8, 4) is 0 Å². The summed E-state index contributed by atoms with van der Waals surface area (Å²) in [6.07, 6.45) is 0.806. The van der Waals surface area contributed by atoms with Crippen molar-refractivity contribution in [3.05, 3.63) is 0 Å². The molecule has 2 nitrogen and oxygen atoms in total. The fourth-order valence-corrected chi connectivity index (χ4v) is 0.489. The second kappa shape index (κ2) is 1.21. The molecule has 2 atom stereocenters. The van der Waals surface area contributed by atoms with Gasteiger partial charge in [0.1, 0.15) is 6.23 Å². The Hall–Kier alpha value is -0.0800. The van der Waals surface area contributed by atoms with Crippen LogP contribution in [-0.2, 0) is 4.74 Å². The first-order valence-corrected chi connectivity index (χ1v) is 2.17. The van der Waals surface area contributed by atoms with E-state index < -0.39 is 0 Å². The van der Waals surface area contributed by atoms with E-state index in [1.165, 1.54) is 0 Å². The van der Waals surface area contributed by atoms with Crippen molar-refractivity contribution in [2.45, 2.75) is 19.3 Å². The van der Waals surface area contributed by atoms with E-state index in [-0.39, 0.29) is 0 Å². The first kappa shape index (κ1) is 4.09. The molecular weight excluding hydrogens is 78.0 g/mol. The number of rotatable bonds is 1. The van der Waals surface area contributed by atoms with Gasteiger partial charge < -0.3 is 4.74 Å². The zero-order valence-corrected chi connectivity index (χ0v) is 4.06. The lowest BCUT2D eigenvalue weighted by Gasteiger charge is -1.79. The van der Waals surface area contributed by atoms with Gasteiger partial charge in [-0.25, -0.2) is 0 Å². The van der Waals surface area contributed by atoms with E-state index in [4.69, 9.17) is 4.74 Å². The summed E-state index contributed by atoms with van der Waals surface area (Å²) >= 11 is 0. The van der Waals surface area contributed by atoms with E-state index >= 15 is 0 Å². The SMILES string of the molecule is CN[C@H]1OC1C. The Bertz CT molecular complexity index is 53.5. The van der Waals surface area contributed by atoms with Gasteiger partial charge in [0.15, 0.2) is 0 Å². The third-order valence-electron chi connectivity index (χ3n) is 0.996. The molecule has 2 heteroatoms. The van der Waals surface area contributed by atoms with Gasteiger partial charge in [-0.3, -0.25) is 5.32 Å². The smallest absolute Gasteiger partial charge is 0.134 e. The third kappa shape index (κ3) is 0.533. The summed E-state index contributed by atoms with van der Waals surface area (Å²) in [4.78, 5) is 0. The molecule has 1 aliphatic rings. The first-order valence-electron chi connectivity index (χ1n) is 2.17. The molecule has 6 heavy (non-hydrogen) atoms. The second-order valence-electron chi connectivity index (χ2n) is 1.55. The summed E-state index contributed by atoms with van der Waals surface area (Å²) in [5.41, 5.74) is 0. The predicted octanol–water partition coefficient (Wildman–Crippen LogP) is -0.0494. The van der Waals surface area contributed by atoms with Gasteiger partial charge in [0, 0.05) is 0 Å². The van der Waals surface area contributed by atoms with Crippen molar-refractivity contribution >= 4 is 0 Å². The maximum atomic E-state index is 4.95. The van der Waals surface area contributed by atoms with Crippen LogP contribution in [0.25, 0.3) is 0 Å². The van der Waals surface area contributed by atoms with Crippen molar-refractivity contribution in [2.24, 2.45) is 0 Å². The van der Waals surface area contributed by atoms with Crippen LogP contribution in [0.1, 0.15) is 6.92 Å². The Morgan fingerprint density at radius 2 is 2.17 bits per heavy atom. The van der Waals surface area contributed by atoms with Crippen LogP contribution in [0.3, 0.4) is 0 Å². The minimum Gasteiger partial charge on any atom is -0.354 e. The number of likely N-dealkylation sites (N-methyl/N-ethyl adjacent to an activating group) is 1. The molecule has 0 spiro atoms. The first-order chi connectivity index (χ1) is 2.84. The van der Waals surface area contributed by atoms with Crippen molar-refractivity contribution in [1.82, 2.24) is 5.32 Å². The molecule has 1 heterocycles. The van der Waals surface area contributed by atoms with Gasteiger partial charge >= 0.3 is 0 Å². The molecule has 0 aromatic rings. The average Bonchev–Trinajstić information content (AvgIpc) is 2.19. The van der Waals surface area contributed by atoms with Crippen LogP contribution < -0.4 is 5.32 Å². The van der Waals surface area contributed by atoms with E-state index in [0.717, 1.165) is 0 Å². The maximum Gasteiger partial charge on any atom is 0.134 e. The quantitative estimate of drug-likeness (QED) is 0.453. The third-order valence-corrected chi connectivity index (χ3v) is 0.996. The van der Waals surface area contributed by atoms with E-state index in [2.05, 4.69) is 5.32 Å². The van der Waals surface area contributed by atoms with Crippen molar-refractivity contribution < 1.29 is 4.74 Å². The molecule has 0 bridgehead atoms. The van der Waals surface area contributed by atoms with Crippen LogP contribution in [0, 0.1) is 0 Å². The Morgan fingerprint density at radius 1 is 1.67 bits per heavy atom. The molecule has 0 aliphatic carbocycles. The Labute approximate surface area is 37.5 Å². The normalized spacial score (nSPS) is 43.0. The highest BCUT2D eigenvalue weighted by Crippen LogP contribution is 2.15. The highest BCUT2D eigenvalue weighted by molar-refractivity contribution is 4.74. The van der Waals surface area contributed by atoms with Crippen LogP contribution >= 0.6 is 0 Å². The highest BCUT2D eigenvalue weighted by atomic mass is 16.6. The second-order valence-corrected chi connectivity index (χ2v) is 1.55. The lowest BCUT2D eigenvalue weighted by Crippen LogP contribution is -2.11. The topological polar surface area (TPSA) is 24.6 Å². The van der Waals surface area contributed by atoms with Crippen molar-refractivity contribution in [2.75, 3.05) is 7.05 Å². The molecule has 1 N–H and O–H groups in total. The average molecular weight is 87.1 g/mol. The van der Waals surface area contributed by atoms with Gasteiger partial charge in [-0.05, 0) is 14.0 Å². The van der Waals surface area contributed by atoms with E-state index in [1.54, 1.807) is 0 Å². The largest absolute Gasteiger partial charge is 0.354 e. The lowest BCUT2D eigenvalue weighted by atomic mass is 10.5. The van der Waals surface area contributed by atoms with Gasteiger partial charge in [0.05, 0.1) is 6.10 Å². The fraction of sp³-hybridized carbons (Fsp3) is 1.00. The Balaban J connectivity index is 2.09. The summed E-state index contributed by atoms with van der Waals surface area (Å²) in [6, 6.07) is 0. The molecule has 1 aliphatic heterocycles. The molecule has 1 saturated heterocycles. The molecule has 0 aromatic heterocycles. The van der Waals surface area contributed by atoms with Crippen LogP contribution in [0.2, 0.25) is 0 Å². The summed E-state index contributed by atoms with van der Waals surface area (Å²) in [7, 11) is 1.90. The van der Waals surface area contributed by atoms with Crippen molar-refractivity contribution in [1.29, 1.82) is 0 Å². The highest BCUT2D eigenvalue weighted by Gasteiger charge is 2.31. The van der Waals surface area contributed by atoms with Gasteiger partial charge in [-0.15, -0.1) is 0 Å². The maximum absolute atomic E-state index is 4.95. The number of ether oxygens (including phenoxy) is 1. The van der Waals surface area contributed by atoms with Crippen LogP contribution in [0.5, 0.6) is 0 Å². The summed E-state index contributed by atoms with van der Waals surface area (Å²) in [6.45, 7) is 2.04. The van der Waals surface area contributed by atoms with E-state index in [0.29, 0.717) is 12.3 Å². The summed E-state index contributed by atoms with van der Waals surface area (Å²) in [5.74, 6) is 0. The van der Waals surface area contributed by atoms with Gasteiger partial charge in [0.2, 0.25) is 0 Å². The zero-order valence-electron chi connectivity index (χ0n) is 4.06. The molecule has 1 rings (SSSR count). The van der Waals surface area contributed by atoms with Gasteiger partial charge in [-0.2, -0.15) is 0 Å². The standard InChI is InChI=1S/C4H9NO/c1-3-4(5-2)6-3/h3-5H,1-2H3/t3?,4-/m0/s1. The number of hydrogen-bond acceptors (Lipinski definition) is 2. The summed E-state index contributed by atoms with van der Waals surface area (Å²) in [5, 5.41) is 2.97. The molecule has 1 unspecified atom stereocenters. The lowest BCUT2D eigenvalue weighted by molar-refractivity contribution is 0.361. The Morgan fingerprint density at radius 3 is 2.17 bits per heavy atom. The number of hydrogen-bond donors (Lipinski definition) is 1.